The highest BCUT2D eigenvalue weighted by molar-refractivity contribution is 5.88. The van der Waals surface area contributed by atoms with Gasteiger partial charge in [-0.05, 0) is 64.4 Å². The molecule has 0 radical (unpaired) electrons. The van der Waals surface area contributed by atoms with Gasteiger partial charge in [-0.3, -0.25) is 14.5 Å². The van der Waals surface area contributed by atoms with Crippen LogP contribution in [0.5, 0.6) is 5.75 Å². The van der Waals surface area contributed by atoms with E-state index in [9.17, 15) is 24.3 Å². The summed E-state index contributed by atoms with van der Waals surface area (Å²) < 4.78 is 10.4. The SMILES string of the molecule is CC(=O)O[C@@H](C(=O)O)c1ccccc1.CC(C)C(=O)Oc1ccc(C(=O)O)cc1[C@H](CCN(C(C)C)C(C)C)c1ccccc1. The molecule has 3 rings (SSSR count). The second-order valence-electron chi connectivity index (χ2n) is 11.5. The van der Waals surface area contributed by atoms with Crippen molar-refractivity contribution < 1.29 is 38.9 Å². The molecule has 0 heterocycles. The van der Waals surface area contributed by atoms with Crippen LogP contribution in [0.25, 0.3) is 0 Å². The first-order valence-corrected chi connectivity index (χ1v) is 15.1. The number of esters is 2. The number of rotatable bonds is 13. The van der Waals surface area contributed by atoms with Crippen LogP contribution in [0.1, 0.15) is 94.0 Å². The Hall–Kier alpha value is -4.50. The van der Waals surface area contributed by atoms with Crippen molar-refractivity contribution in [2.75, 3.05) is 6.54 Å². The maximum absolute atomic E-state index is 12.3. The summed E-state index contributed by atoms with van der Waals surface area (Å²) in [7, 11) is 0. The normalized spacial score (nSPS) is 12.3. The number of carbonyl (C=O) groups is 4. The van der Waals surface area contributed by atoms with Crippen molar-refractivity contribution in [1.29, 1.82) is 0 Å². The van der Waals surface area contributed by atoms with Crippen molar-refractivity contribution in [3.63, 3.8) is 0 Å². The maximum atomic E-state index is 12.3. The third-order valence-electron chi connectivity index (χ3n) is 7.13. The van der Waals surface area contributed by atoms with E-state index in [2.05, 4.69) is 37.3 Å². The van der Waals surface area contributed by atoms with Crippen LogP contribution in [0, 0.1) is 5.92 Å². The van der Waals surface area contributed by atoms with Gasteiger partial charge in [-0.25, -0.2) is 9.59 Å². The molecular weight excluding hydrogens is 574 g/mol. The lowest BCUT2D eigenvalue weighted by Crippen LogP contribution is -2.38. The third-order valence-corrected chi connectivity index (χ3v) is 7.13. The largest absolute Gasteiger partial charge is 0.478 e. The number of hydrogen-bond acceptors (Lipinski definition) is 7. The van der Waals surface area contributed by atoms with Gasteiger partial charge in [0.2, 0.25) is 6.10 Å². The minimum Gasteiger partial charge on any atom is -0.478 e. The molecule has 0 saturated heterocycles. The Kier molecular flexibility index (Phi) is 14.4. The Bertz CT molecular complexity index is 1400. The van der Waals surface area contributed by atoms with E-state index in [0.717, 1.165) is 24.1 Å². The molecule has 9 heteroatoms. The van der Waals surface area contributed by atoms with Crippen molar-refractivity contribution in [2.45, 2.75) is 79.0 Å². The van der Waals surface area contributed by atoms with Gasteiger partial charge in [-0.2, -0.15) is 0 Å². The lowest BCUT2D eigenvalue weighted by Gasteiger charge is -2.32. The first kappa shape index (κ1) is 36.7. The summed E-state index contributed by atoms with van der Waals surface area (Å²) in [5.41, 5.74) is 2.44. The number of carbonyl (C=O) groups excluding carboxylic acids is 2. The van der Waals surface area contributed by atoms with Crippen molar-refractivity contribution in [1.82, 2.24) is 4.90 Å². The van der Waals surface area contributed by atoms with Gasteiger partial charge in [0.05, 0.1) is 11.5 Å². The quantitative estimate of drug-likeness (QED) is 0.154. The summed E-state index contributed by atoms with van der Waals surface area (Å²) >= 11 is 0. The van der Waals surface area contributed by atoms with Gasteiger partial charge in [0.25, 0.3) is 0 Å². The van der Waals surface area contributed by atoms with Crippen LogP contribution in [-0.4, -0.2) is 57.6 Å². The average Bonchev–Trinajstić information content (AvgIpc) is 2.99. The Labute approximate surface area is 265 Å². The molecule has 0 aromatic heterocycles. The van der Waals surface area contributed by atoms with E-state index in [0.29, 0.717) is 23.4 Å². The second-order valence-corrected chi connectivity index (χ2v) is 11.5. The molecule has 0 unspecified atom stereocenters. The molecule has 0 saturated carbocycles. The molecule has 2 N–H and O–H groups in total. The van der Waals surface area contributed by atoms with Gasteiger partial charge in [-0.1, -0.05) is 74.5 Å². The van der Waals surface area contributed by atoms with E-state index >= 15 is 0 Å². The highest BCUT2D eigenvalue weighted by Crippen LogP contribution is 2.36. The molecule has 45 heavy (non-hydrogen) atoms. The lowest BCUT2D eigenvalue weighted by molar-refractivity contribution is -0.163. The number of aliphatic carboxylic acids is 1. The lowest BCUT2D eigenvalue weighted by atomic mass is 9.86. The van der Waals surface area contributed by atoms with Gasteiger partial charge >= 0.3 is 23.9 Å². The predicted molar refractivity (Wildman–Crippen MR) is 172 cm³/mol. The van der Waals surface area contributed by atoms with Crippen LogP contribution in [0.3, 0.4) is 0 Å². The van der Waals surface area contributed by atoms with Crippen LogP contribution in [0.2, 0.25) is 0 Å². The van der Waals surface area contributed by atoms with E-state index in [1.165, 1.54) is 13.0 Å². The smallest absolute Gasteiger partial charge is 0.349 e. The summed E-state index contributed by atoms with van der Waals surface area (Å²) in [6, 6.07) is 23.9. The van der Waals surface area contributed by atoms with Crippen molar-refractivity contribution in [3.05, 3.63) is 101 Å². The summed E-state index contributed by atoms with van der Waals surface area (Å²) in [6.45, 7) is 14.3. The molecular formula is C36H45NO8. The van der Waals surface area contributed by atoms with Gasteiger partial charge < -0.3 is 19.7 Å². The fourth-order valence-electron chi connectivity index (χ4n) is 4.91. The number of hydrogen-bond donors (Lipinski definition) is 2. The molecule has 0 aliphatic rings. The molecule has 3 aromatic carbocycles. The van der Waals surface area contributed by atoms with Gasteiger partial charge in [-0.15, -0.1) is 0 Å². The number of ether oxygens (including phenoxy) is 2. The summed E-state index contributed by atoms with van der Waals surface area (Å²) in [5, 5.41) is 18.4. The Morgan fingerprint density at radius 2 is 1.29 bits per heavy atom. The molecule has 0 aliphatic heterocycles. The highest BCUT2D eigenvalue weighted by atomic mass is 16.6. The zero-order valence-electron chi connectivity index (χ0n) is 27.1. The highest BCUT2D eigenvalue weighted by Gasteiger charge is 2.25. The topological polar surface area (TPSA) is 130 Å². The van der Waals surface area contributed by atoms with Crippen LogP contribution < -0.4 is 4.74 Å². The average molecular weight is 620 g/mol. The monoisotopic (exact) mass is 619 g/mol. The van der Waals surface area contributed by atoms with Crippen molar-refractivity contribution >= 4 is 23.9 Å². The molecule has 0 amide bonds. The van der Waals surface area contributed by atoms with Crippen LogP contribution in [-0.2, 0) is 19.1 Å². The molecule has 242 valence electrons. The number of benzene rings is 3. The predicted octanol–water partition coefficient (Wildman–Crippen LogP) is 6.96. The van der Waals surface area contributed by atoms with E-state index in [1.54, 1.807) is 56.3 Å². The molecule has 0 fully saturated rings. The molecule has 2 atom stereocenters. The fourth-order valence-corrected chi connectivity index (χ4v) is 4.91. The molecule has 0 aliphatic carbocycles. The summed E-state index contributed by atoms with van der Waals surface area (Å²) in [5.74, 6) is -3.07. The number of carboxylic acid groups (broad SMARTS) is 2. The first-order valence-electron chi connectivity index (χ1n) is 15.1. The van der Waals surface area contributed by atoms with E-state index in [4.69, 9.17) is 9.84 Å². The van der Waals surface area contributed by atoms with Gasteiger partial charge in [0, 0.05) is 36.1 Å². The standard InChI is InChI=1S/C26H35NO4.C10H10O4/c1-17(2)26(30)31-24-13-12-21(25(28)29)16-23(24)22(20-10-8-7-9-11-20)14-15-27(18(3)4)19(5)6;1-7(11)14-9(10(12)13)8-5-3-2-4-6-8/h7-13,16-19,22H,14-15H2,1-6H3,(H,28,29);2-6,9H,1H3,(H,12,13)/t22-;9-/m11/s1. The summed E-state index contributed by atoms with van der Waals surface area (Å²) in [6.07, 6.45) is -0.441. The molecule has 0 bridgehead atoms. The number of aromatic carboxylic acids is 1. The molecule has 0 spiro atoms. The van der Waals surface area contributed by atoms with Gasteiger partial charge in [0.1, 0.15) is 5.75 Å². The Balaban J connectivity index is 0.000000420. The van der Waals surface area contributed by atoms with E-state index in [1.807, 2.05) is 30.3 Å². The Morgan fingerprint density at radius 1 is 0.756 bits per heavy atom. The zero-order valence-corrected chi connectivity index (χ0v) is 27.1. The van der Waals surface area contributed by atoms with E-state index < -0.39 is 24.0 Å². The first-order chi connectivity index (χ1) is 21.2. The maximum Gasteiger partial charge on any atom is 0.349 e. The summed E-state index contributed by atoms with van der Waals surface area (Å²) in [4.78, 5) is 47.8. The number of nitrogens with zero attached hydrogens (tertiary/aromatic N) is 1. The second kappa shape index (κ2) is 17.7. The van der Waals surface area contributed by atoms with Crippen LogP contribution in [0.4, 0.5) is 0 Å². The fraction of sp³-hybridized carbons (Fsp3) is 0.389. The van der Waals surface area contributed by atoms with Crippen molar-refractivity contribution in [2.24, 2.45) is 5.92 Å². The zero-order chi connectivity index (χ0) is 33.7. The minimum atomic E-state index is -1.21. The number of carboxylic acids is 2. The third kappa shape index (κ3) is 11.5. The minimum absolute atomic E-state index is 0.101. The Morgan fingerprint density at radius 3 is 1.73 bits per heavy atom. The van der Waals surface area contributed by atoms with E-state index in [-0.39, 0.29) is 23.4 Å². The van der Waals surface area contributed by atoms with Crippen molar-refractivity contribution in [3.8, 4) is 5.75 Å². The van der Waals surface area contributed by atoms with Crippen LogP contribution in [0.15, 0.2) is 78.9 Å². The van der Waals surface area contributed by atoms with Gasteiger partial charge in [0.15, 0.2) is 0 Å². The molecule has 9 nitrogen and oxygen atoms in total. The van der Waals surface area contributed by atoms with Crippen LogP contribution >= 0.6 is 0 Å². The molecule has 3 aromatic rings.